The zero-order valence-electron chi connectivity index (χ0n) is 12.2. The minimum absolute atomic E-state index is 0.565. The van der Waals surface area contributed by atoms with Crippen LogP contribution in [-0.4, -0.2) is 9.55 Å². The molecule has 0 unspecified atom stereocenters. The van der Waals surface area contributed by atoms with Crippen LogP contribution >= 0.6 is 0 Å². The van der Waals surface area contributed by atoms with Crippen molar-refractivity contribution in [1.82, 2.24) is 9.55 Å². The molecule has 1 saturated carbocycles. The summed E-state index contributed by atoms with van der Waals surface area (Å²) < 4.78 is 2.20. The van der Waals surface area contributed by atoms with Gasteiger partial charge in [0.2, 0.25) is 0 Å². The predicted octanol–water partition coefficient (Wildman–Crippen LogP) is 4.20. The molecule has 0 amide bonds. The number of rotatable bonds is 4. The van der Waals surface area contributed by atoms with Gasteiger partial charge < -0.3 is 10.3 Å². The van der Waals surface area contributed by atoms with Crippen LogP contribution in [-0.2, 0) is 6.54 Å². The van der Waals surface area contributed by atoms with Crippen molar-refractivity contribution in [3.8, 4) is 11.4 Å². The first-order valence-electron chi connectivity index (χ1n) is 7.72. The van der Waals surface area contributed by atoms with Gasteiger partial charge in [0.25, 0.3) is 0 Å². The number of hydrogen-bond acceptors (Lipinski definition) is 2. The summed E-state index contributed by atoms with van der Waals surface area (Å²) >= 11 is 0. The molecule has 20 heavy (non-hydrogen) atoms. The van der Waals surface area contributed by atoms with E-state index in [1.807, 2.05) is 6.07 Å². The van der Waals surface area contributed by atoms with Gasteiger partial charge in [-0.15, -0.1) is 0 Å². The van der Waals surface area contributed by atoms with E-state index in [1.54, 1.807) is 0 Å². The molecule has 1 heterocycles. The van der Waals surface area contributed by atoms with Gasteiger partial charge in [0.05, 0.1) is 5.69 Å². The number of hydrogen-bond donors (Lipinski definition) is 1. The molecule has 3 heteroatoms. The maximum absolute atomic E-state index is 6.41. The second-order valence-electron chi connectivity index (χ2n) is 5.70. The number of benzene rings is 1. The molecule has 1 aliphatic rings. The third-order valence-electron chi connectivity index (χ3n) is 4.26. The molecule has 0 aliphatic heterocycles. The highest BCUT2D eigenvalue weighted by Gasteiger charge is 2.25. The van der Waals surface area contributed by atoms with Crippen molar-refractivity contribution in [3.05, 3.63) is 36.0 Å². The Balaban J connectivity index is 2.06. The van der Waals surface area contributed by atoms with Crippen LogP contribution < -0.4 is 5.73 Å². The Hall–Kier alpha value is -1.77. The molecular weight excluding hydrogens is 246 g/mol. The predicted molar refractivity (Wildman–Crippen MR) is 83.6 cm³/mol. The maximum atomic E-state index is 6.41. The Bertz CT molecular complexity index is 565. The molecule has 106 valence electrons. The molecule has 3 nitrogen and oxygen atoms in total. The van der Waals surface area contributed by atoms with Gasteiger partial charge >= 0.3 is 0 Å². The summed E-state index contributed by atoms with van der Waals surface area (Å²) in [5, 5.41) is 0. The highest BCUT2D eigenvalue weighted by Crippen LogP contribution is 2.38. The van der Waals surface area contributed by atoms with Crippen molar-refractivity contribution in [3.63, 3.8) is 0 Å². The topological polar surface area (TPSA) is 43.8 Å². The van der Waals surface area contributed by atoms with E-state index in [0.29, 0.717) is 5.92 Å². The minimum Gasteiger partial charge on any atom is -0.384 e. The van der Waals surface area contributed by atoms with Gasteiger partial charge in [-0.05, 0) is 19.3 Å². The smallest absolute Gasteiger partial charge is 0.141 e. The summed E-state index contributed by atoms with van der Waals surface area (Å²) in [4.78, 5) is 4.92. The Morgan fingerprint density at radius 1 is 1.20 bits per heavy atom. The Morgan fingerprint density at radius 3 is 2.55 bits per heavy atom. The first-order chi connectivity index (χ1) is 9.81. The van der Waals surface area contributed by atoms with Crippen LogP contribution in [0.25, 0.3) is 11.4 Å². The fourth-order valence-corrected chi connectivity index (χ4v) is 3.24. The van der Waals surface area contributed by atoms with Crippen molar-refractivity contribution in [1.29, 1.82) is 0 Å². The van der Waals surface area contributed by atoms with Crippen LogP contribution in [0.4, 0.5) is 5.82 Å². The Labute approximate surface area is 120 Å². The van der Waals surface area contributed by atoms with E-state index in [4.69, 9.17) is 10.7 Å². The molecule has 1 fully saturated rings. The van der Waals surface area contributed by atoms with Gasteiger partial charge in [0.1, 0.15) is 11.6 Å². The van der Waals surface area contributed by atoms with Crippen LogP contribution in [0, 0.1) is 0 Å². The number of nitrogens with two attached hydrogens (primary N) is 1. The van der Waals surface area contributed by atoms with E-state index in [0.717, 1.165) is 35.9 Å². The second-order valence-corrected chi connectivity index (χ2v) is 5.70. The van der Waals surface area contributed by atoms with Gasteiger partial charge in [-0.3, -0.25) is 0 Å². The molecule has 1 aromatic heterocycles. The molecule has 2 N–H and O–H groups in total. The van der Waals surface area contributed by atoms with E-state index >= 15 is 0 Å². The average Bonchev–Trinajstić information content (AvgIpc) is 3.10. The first kappa shape index (κ1) is 13.2. The molecule has 3 rings (SSSR count). The molecular formula is C17H23N3. The molecule has 1 aliphatic carbocycles. The van der Waals surface area contributed by atoms with Crippen molar-refractivity contribution in [2.75, 3.05) is 5.73 Å². The summed E-state index contributed by atoms with van der Waals surface area (Å²) in [5.41, 5.74) is 8.71. The van der Waals surface area contributed by atoms with Gasteiger partial charge in [0, 0.05) is 18.0 Å². The van der Waals surface area contributed by atoms with Crippen LogP contribution in [0.2, 0.25) is 0 Å². The number of nitrogen functional groups attached to an aromatic ring is 1. The maximum Gasteiger partial charge on any atom is 0.141 e. The van der Waals surface area contributed by atoms with Crippen molar-refractivity contribution in [2.45, 2.75) is 51.5 Å². The monoisotopic (exact) mass is 269 g/mol. The number of aromatic nitrogens is 2. The highest BCUT2D eigenvalue weighted by atomic mass is 15.1. The number of nitrogens with zero attached hydrogens (tertiary/aromatic N) is 2. The van der Waals surface area contributed by atoms with E-state index in [9.17, 15) is 0 Å². The molecule has 1 aromatic carbocycles. The molecule has 0 saturated heterocycles. The summed E-state index contributed by atoms with van der Waals surface area (Å²) in [6.07, 6.45) is 6.17. The van der Waals surface area contributed by atoms with E-state index in [2.05, 4.69) is 35.8 Å². The largest absolute Gasteiger partial charge is 0.384 e. The van der Waals surface area contributed by atoms with Gasteiger partial charge in [-0.25, -0.2) is 4.98 Å². The standard InChI is InChI=1S/C17H23N3/c1-2-12-20-16(18)15(13-8-6-7-9-13)19-17(20)14-10-4-3-5-11-14/h3-5,10-11,13H,2,6-9,12,18H2,1H3. The summed E-state index contributed by atoms with van der Waals surface area (Å²) in [6.45, 7) is 3.12. The Kier molecular flexibility index (Phi) is 3.77. The summed E-state index contributed by atoms with van der Waals surface area (Å²) in [7, 11) is 0. The minimum atomic E-state index is 0.565. The fourth-order valence-electron chi connectivity index (χ4n) is 3.24. The molecule has 0 atom stereocenters. The normalized spacial score (nSPS) is 15.8. The Morgan fingerprint density at radius 2 is 1.90 bits per heavy atom. The first-order valence-corrected chi connectivity index (χ1v) is 7.72. The van der Waals surface area contributed by atoms with Crippen LogP contribution in [0.1, 0.15) is 50.6 Å². The zero-order valence-corrected chi connectivity index (χ0v) is 12.2. The molecule has 0 spiro atoms. The van der Waals surface area contributed by atoms with Crippen LogP contribution in [0.3, 0.4) is 0 Å². The number of anilines is 1. The third-order valence-corrected chi connectivity index (χ3v) is 4.26. The van der Waals surface area contributed by atoms with Gasteiger partial charge in [-0.1, -0.05) is 50.1 Å². The van der Waals surface area contributed by atoms with Crippen LogP contribution in [0.15, 0.2) is 30.3 Å². The van der Waals surface area contributed by atoms with E-state index in [1.165, 1.54) is 25.7 Å². The quantitative estimate of drug-likeness (QED) is 0.904. The van der Waals surface area contributed by atoms with Crippen molar-refractivity contribution in [2.24, 2.45) is 0 Å². The second kappa shape index (κ2) is 5.70. The van der Waals surface area contributed by atoms with Gasteiger partial charge in [0.15, 0.2) is 0 Å². The molecule has 0 radical (unpaired) electrons. The average molecular weight is 269 g/mol. The SMILES string of the molecule is CCCn1c(-c2ccccc2)nc(C2CCCC2)c1N. The molecule has 0 bridgehead atoms. The third kappa shape index (κ3) is 2.33. The summed E-state index contributed by atoms with van der Waals surface area (Å²) in [6, 6.07) is 10.4. The lowest BCUT2D eigenvalue weighted by Crippen LogP contribution is -2.06. The molecule has 2 aromatic rings. The van der Waals surface area contributed by atoms with Crippen molar-refractivity contribution >= 4 is 5.82 Å². The van der Waals surface area contributed by atoms with Crippen LogP contribution in [0.5, 0.6) is 0 Å². The van der Waals surface area contributed by atoms with E-state index < -0.39 is 0 Å². The fraction of sp³-hybridized carbons (Fsp3) is 0.471. The highest BCUT2D eigenvalue weighted by molar-refractivity contribution is 5.61. The van der Waals surface area contributed by atoms with E-state index in [-0.39, 0.29) is 0 Å². The summed E-state index contributed by atoms with van der Waals surface area (Å²) in [5.74, 6) is 2.49. The van der Waals surface area contributed by atoms with Crippen molar-refractivity contribution < 1.29 is 0 Å². The lowest BCUT2D eigenvalue weighted by atomic mass is 10.0. The number of imidazole rings is 1. The lowest BCUT2D eigenvalue weighted by molar-refractivity contribution is 0.684. The lowest BCUT2D eigenvalue weighted by Gasteiger charge is -2.09. The van der Waals surface area contributed by atoms with Gasteiger partial charge in [-0.2, -0.15) is 0 Å². The zero-order chi connectivity index (χ0) is 13.9.